The molecule has 0 fully saturated rings. The Labute approximate surface area is 116 Å². The van der Waals surface area contributed by atoms with E-state index < -0.39 is 0 Å². The summed E-state index contributed by atoms with van der Waals surface area (Å²) in [6, 6.07) is 6.90. The highest BCUT2D eigenvalue weighted by atomic mass is 79.9. The van der Waals surface area contributed by atoms with Crippen LogP contribution in [0.5, 0.6) is 0 Å². The normalized spacial score (nSPS) is 11.1. The summed E-state index contributed by atoms with van der Waals surface area (Å²) >= 11 is 6.09. The maximum atomic E-state index is 11.3. The smallest absolute Gasteiger partial charge is 0.334 e. The number of carbonyl (C=O) groups is 2. The number of methoxy groups -OCH3 is 1. The molecule has 0 spiro atoms. The lowest BCUT2D eigenvalue weighted by atomic mass is 10.1. The van der Waals surface area contributed by atoms with Crippen molar-refractivity contribution in [2.45, 2.75) is 0 Å². The van der Waals surface area contributed by atoms with Crippen molar-refractivity contribution in [1.82, 2.24) is 0 Å². The zero-order valence-electron chi connectivity index (χ0n) is 9.07. The number of hydrogen-bond acceptors (Lipinski definition) is 3. The standard InChI is InChI=1S/C12H10Br2O3/c1-17-12(16)10(7-13)6-8-2-4-9(5-3-8)11(14)15/h2-6H,7H2,1H3/b10-6+. The lowest BCUT2D eigenvalue weighted by molar-refractivity contribution is -0.135. The van der Waals surface area contributed by atoms with E-state index in [9.17, 15) is 9.59 Å². The number of benzene rings is 1. The molecule has 90 valence electrons. The third kappa shape index (κ3) is 4.09. The van der Waals surface area contributed by atoms with Crippen molar-refractivity contribution < 1.29 is 14.3 Å². The Morgan fingerprint density at radius 3 is 2.29 bits per heavy atom. The average Bonchev–Trinajstić information content (AvgIpc) is 2.35. The van der Waals surface area contributed by atoms with Gasteiger partial charge in [-0.2, -0.15) is 0 Å². The fourth-order valence-electron chi connectivity index (χ4n) is 1.19. The van der Waals surface area contributed by atoms with E-state index in [4.69, 9.17) is 0 Å². The SMILES string of the molecule is COC(=O)/C(=C/c1ccc(C(=O)Br)cc1)CBr. The maximum Gasteiger partial charge on any atom is 0.334 e. The first-order valence-electron chi connectivity index (χ1n) is 4.73. The monoisotopic (exact) mass is 360 g/mol. The molecule has 0 unspecified atom stereocenters. The van der Waals surface area contributed by atoms with E-state index in [-0.39, 0.29) is 10.7 Å². The van der Waals surface area contributed by atoms with Crippen LogP contribution in [-0.4, -0.2) is 23.1 Å². The molecule has 0 N–H and O–H groups in total. The summed E-state index contributed by atoms with van der Waals surface area (Å²) in [5.41, 5.74) is 1.92. The number of ether oxygens (including phenoxy) is 1. The predicted molar refractivity (Wildman–Crippen MR) is 73.5 cm³/mol. The summed E-state index contributed by atoms with van der Waals surface area (Å²) < 4.78 is 4.47. The molecular formula is C12H10Br2O3. The van der Waals surface area contributed by atoms with Crippen LogP contribution < -0.4 is 0 Å². The van der Waals surface area contributed by atoms with Crippen molar-refractivity contribution in [2.75, 3.05) is 12.4 Å². The van der Waals surface area contributed by atoms with Crippen molar-refractivity contribution in [3.63, 3.8) is 0 Å². The Kier molecular flexibility index (Phi) is 5.58. The highest BCUT2D eigenvalue weighted by molar-refractivity contribution is 9.18. The van der Waals surface area contributed by atoms with Crippen molar-refractivity contribution in [1.29, 1.82) is 0 Å². The van der Waals surface area contributed by atoms with Gasteiger partial charge in [0.2, 0.25) is 4.69 Å². The van der Waals surface area contributed by atoms with E-state index in [0.717, 1.165) is 5.56 Å². The van der Waals surface area contributed by atoms with E-state index in [2.05, 4.69) is 36.6 Å². The Bertz CT molecular complexity index is 449. The second-order valence-corrected chi connectivity index (χ2v) is 4.47. The molecule has 0 aliphatic carbocycles. The number of alkyl halides is 1. The third-order valence-corrected chi connectivity index (χ3v) is 3.13. The third-order valence-electron chi connectivity index (χ3n) is 2.07. The molecule has 0 saturated carbocycles. The van der Waals surface area contributed by atoms with Gasteiger partial charge in [0.05, 0.1) is 7.11 Å². The molecule has 3 nitrogen and oxygen atoms in total. The minimum atomic E-state index is -0.373. The number of esters is 1. The number of rotatable bonds is 4. The second kappa shape index (κ2) is 6.71. The Hall–Kier alpha value is -0.940. The van der Waals surface area contributed by atoms with Crippen molar-refractivity contribution in [3.05, 3.63) is 41.0 Å². The summed E-state index contributed by atoms with van der Waals surface area (Å²) in [6.45, 7) is 0. The molecule has 1 aromatic rings. The first-order valence-corrected chi connectivity index (χ1v) is 6.64. The van der Waals surface area contributed by atoms with E-state index in [0.29, 0.717) is 16.5 Å². The molecule has 0 aliphatic rings. The van der Waals surface area contributed by atoms with Crippen LogP contribution in [0, 0.1) is 0 Å². The van der Waals surface area contributed by atoms with Crippen LogP contribution in [0.15, 0.2) is 29.8 Å². The van der Waals surface area contributed by atoms with Gasteiger partial charge >= 0.3 is 5.97 Å². The fraction of sp³-hybridized carbons (Fsp3) is 0.167. The van der Waals surface area contributed by atoms with E-state index in [1.165, 1.54) is 7.11 Å². The van der Waals surface area contributed by atoms with Crippen molar-refractivity contribution in [2.24, 2.45) is 0 Å². The fourth-order valence-corrected chi connectivity index (χ4v) is 1.85. The summed E-state index contributed by atoms with van der Waals surface area (Å²) in [7, 11) is 1.34. The molecule has 17 heavy (non-hydrogen) atoms. The molecule has 0 bridgehead atoms. The van der Waals surface area contributed by atoms with E-state index >= 15 is 0 Å². The first-order chi connectivity index (χ1) is 8.08. The zero-order chi connectivity index (χ0) is 12.8. The molecule has 1 aromatic carbocycles. The number of hydrogen-bond donors (Lipinski definition) is 0. The molecule has 0 aromatic heterocycles. The Morgan fingerprint density at radius 2 is 1.88 bits per heavy atom. The Morgan fingerprint density at radius 1 is 1.29 bits per heavy atom. The van der Waals surface area contributed by atoms with Crippen LogP contribution in [-0.2, 0) is 9.53 Å². The zero-order valence-corrected chi connectivity index (χ0v) is 12.2. The first kappa shape index (κ1) is 14.1. The molecule has 0 heterocycles. The lowest BCUT2D eigenvalue weighted by Gasteiger charge is -2.02. The molecule has 0 amide bonds. The van der Waals surface area contributed by atoms with Gasteiger partial charge in [0.1, 0.15) is 0 Å². The second-order valence-electron chi connectivity index (χ2n) is 3.19. The van der Waals surface area contributed by atoms with Gasteiger partial charge in [-0.25, -0.2) is 4.79 Å². The van der Waals surface area contributed by atoms with E-state index in [1.807, 2.05) is 0 Å². The quantitative estimate of drug-likeness (QED) is 0.358. The van der Waals surface area contributed by atoms with Gasteiger partial charge in [-0.05, 0) is 39.7 Å². The topological polar surface area (TPSA) is 43.4 Å². The van der Waals surface area contributed by atoms with Gasteiger partial charge in [-0.15, -0.1) is 0 Å². The maximum absolute atomic E-state index is 11.3. The van der Waals surface area contributed by atoms with Crippen LogP contribution in [0.3, 0.4) is 0 Å². The van der Waals surface area contributed by atoms with E-state index in [1.54, 1.807) is 30.3 Å². The van der Waals surface area contributed by atoms with Crippen molar-refractivity contribution in [3.8, 4) is 0 Å². The van der Waals surface area contributed by atoms with Crippen LogP contribution in [0.25, 0.3) is 6.08 Å². The van der Waals surface area contributed by atoms with Crippen LogP contribution in [0.1, 0.15) is 15.9 Å². The number of halogens is 2. The van der Waals surface area contributed by atoms with Gasteiger partial charge in [0, 0.05) is 16.5 Å². The van der Waals surface area contributed by atoms with Gasteiger partial charge < -0.3 is 4.74 Å². The van der Waals surface area contributed by atoms with Crippen LogP contribution >= 0.6 is 31.9 Å². The summed E-state index contributed by atoms with van der Waals surface area (Å²) in [4.78, 5) is 22.3. The predicted octanol–water partition coefficient (Wildman–Crippen LogP) is 3.17. The molecule has 0 saturated heterocycles. The van der Waals surface area contributed by atoms with Crippen molar-refractivity contribution >= 4 is 48.6 Å². The number of carbonyl (C=O) groups excluding carboxylic acids is 2. The molecule has 1 rings (SSSR count). The van der Waals surface area contributed by atoms with Gasteiger partial charge in [0.25, 0.3) is 0 Å². The molecule has 5 heteroatoms. The highest BCUT2D eigenvalue weighted by Crippen LogP contribution is 2.13. The summed E-state index contributed by atoms with van der Waals surface area (Å²) in [5, 5.41) is 0.415. The molecule has 0 aliphatic heterocycles. The van der Waals surface area contributed by atoms with Gasteiger partial charge in [-0.3, -0.25) is 4.79 Å². The average molecular weight is 362 g/mol. The Balaban J connectivity index is 2.97. The largest absolute Gasteiger partial charge is 0.466 e. The molecular weight excluding hydrogens is 352 g/mol. The summed E-state index contributed by atoms with van der Waals surface area (Å²) in [6.07, 6.45) is 1.71. The summed E-state index contributed by atoms with van der Waals surface area (Å²) in [5.74, 6) is -0.373. The van der Waals surface area contributed by atoms with Gasteiger partial charge in [-0.1, -0.05) is 28.1 Å². The highest BCUT2D eigenvalue weighted by Gasteiger charge is 2.08. The molecule has 0 atom stereocenters. The minimum Gasteiger partial charge on any atom is -0.466 e. The van der Waals surface area contributed by atoms with Gasteiger partial charge in [0.15, 0.2) is 0 Å². The minimum absolute atomic E-state index is 0.165. The van der Waals surface area contributed by atoms with Crippen LogP contribution in [0.4, 0.5) is 0 Å². The molecule has 0 radical (unpaired) electrons. The lowest BCUT2D eigenvalue weighted by Crippen LogP contribution is -2.05. The van der Waals surface area contributed by atoms with Crippen LogP contribution in [0.2, 0.25) is 0 Å².